The lowest BCUT2D eigenvalue weighted by molar-refractivity contribution is -0.141. The molecule has 3 aromatic rings. The first-order valence-corrected chi connectivity index (χ1v) is 13.0. The minimum Gasteiger partial charge on any atom is -0.497 e. The van der Waals surface area contributed by atoms with E-state index in [9.17, 15) is 9.59 Å². The molecule has 5 rings (SSSR count). The zero-order valence-electron chi connectivity index (χ0n) is 21.8. The molecule has 8 heteroatoms. The first kappa shape index (κ1) is 25.6. The smallest absolute Gasteiger partial charge is 0.242 e. The number of ether oxygens (including phenoxy) is 2. The van der Waals surface area contributed by atoms with Crippen LogP contribution in [-0.4, -0.2) is 63.2 Å². The van der Waals surface area contributed by atoms with Gasteiger partial charge < -0.3 is 29.5 Å². The Morgan fingerprint density at radius 1 is 0.895 bits per heavy atom. The lowest BCUT2D eigenvalue weighted by Gasteiger charge is -2.30. The van der Waals surface area contributed by atoms with Crippen molar-refractivity contribution < 1.29 is 19.1 Å². The molecule has 0 aromatic heterocycles. The van der Waals surface area contributed by atoms with Gasteiger partial charge in [-0.15, -0.1) is 0 Å². The Morgan fingerprint density at radius 3 is 2.39 bits per heavy atom. The Balaban J connectivity index is 1.41. The van der Waals surface area contributed by atoms with Crippen LogP contribution in [0.3, 0.4) is 0 Å². The van der Waals surface area contributed by atoms with Gasteiger partial charge in [0.25, 0.3) is 0 Å². The summed E-state index contributed by atoms with van der Waals surface area (Å²) < 4.78 is 11.0. The number of nitrogens with zero attached hydrogens (tertiary/aromatic N) is 3. The highest BCUT2D eigenvalue weighted by Gasteiger charge is 2.23. The largest absolute Gasteiger partial charge is 0.497 e. The number of carbonyl (C=O) groups is 2. The van der Waals surface area contributed by atoms with Gasteiger partial charge in [0.05, 0.1) is 33.4 Å². The van der Waals surface area contributed by atoms with E-state index >= 15 is 0 Å². The minimum absolute atomic E-state index is 0.0555. The first-order chi connectivity index (χ1) is 18.6. The maximum atomic E-state index is 12.3. The number of benzene rings is 3. The molecule has 0 saturated carbocycles. The quantitative estimate of drug-likeness (QED) is 0.473. The van der Waals surface area contributed by atoms with Crippen LogP contribution >= 0.6 is 0 Å². The van der Waals surface area contributed by atoms with E-state index in [-0.39, 0.29) is 24.9 Å². The average molecular weight is 515 g/mol. The fourth-order valence-electron chi connectivity index (χ4n) is 4.94. The SMILES string of the molecule is COc1cccc(CN(Cc2cccc(N3CCOCC3)c2)c2cccc(CN3CC(=O)NCC3=O)c2)c1. The number of methoxy groups -OCH3 is 1. The number of amides is 2. The molecule has 0 aliphatic carbocycles. The van der Waals surface area contributed by atoms with Crippen molar-refractivity contribution in [1.82, 2.24) is 10.2 Å². The molecule has 0 atom stereocenters. The van der Waals surface area contributed by atoms with E-state index in [2.05, 4.69) is 63.6 Å². The van der Waals surface area contributed by atoms with Crippen molar-refractivity contribution in [2.24, 2.45) is 0 Å². The molecule has 1 N–H and O–H groups in total. The summed E-state index contributed by atoms with van der Waals surface area (Å²) in [4.78, 5) is 30.5. The predicted molar refractivity (Wildman–Crippen MR) is 147 cm³/mol. The van der Waals surface area contributed by atoms with Gasteiger partial charge in [-0.1, -0.05) is 36.4 Å². The lowest BCUT2D eigenvalue weighted by Crippen LogP contribution is -2.51. The van der Waals surface area contributed by atoms with Gasteiger partial charge in [0, 0.05) is 44.1 Å². The van der Waals surface area contributed by atoms with Crippen molar-refractivity contribution in [3.63, 3.8) is 0 Å². The second kappa shape index (κ2) is 12.0. The molecule has 2 aliphatic rings. The standard InChI is InChI=1S/C30H34N4O4/c1-37-28-10-4-7-25(17-28)20-33(19-23-5-2-8-26(15-23)32-11-13-38-14-12-32)27-9-3-6-24(16-27)21-34-22-29(35)31-18-30(34)36/h2-10,15-17H,11-14,18-22H2,1H3,(H,31,35). The third kappa shape index (κ3) is 6.44. The molecule has 0 bridgehead atoms. The molecule has 3 aromatic carbocycles. The van der Waals surface area contributed by atoms with Crippen molar-refractivity contribution in [1.29, 1.82) is 0 Å². The van der Waals surface area contributed by atoms with Gasteiger partial charge in [0.1, 0.15) is 5.75 Å². The molecule has 2 heterocycles. The van der Waals surface area contributed by atoms with Crippen LogP contribution in [0.2, 0.25) is 0 Å². The predicted octanol–water partition coefficient (Wildman–Crippen LogP) is 3.20. The highest BCUT2D eigenvalue weighted by molar-refractivity contribution is 5.92. The molecule has 2 amide bonds. The average Bonchev–Trinajstić information content (AvgIpc) is 2.95. The van der Waals surface area contributed by atoms with Gasteiger partial charge in [-0.05, 0) is 53.1 Å². The van der Waals surface area contributed by atoms with E-state index in [0.717, 1.165) is 48.9 Å². The third-order valence-electron chi connectivity index (χ3n) is 6.94. The molecular formula is C30H34N4O4. The fraction of sp³-hybridized carbons (Fsp3) is 0.333. The van der Waals surface area contributed by atoms with E-state index in [0.29, 0.717) is 19.6 Å². The van der Waals surface area contributed by atoms with Crippen LogP contribution in [0.1, 0.15) is 16.7 Å². The van der Waals surface area contributed by atoms with Gasteiger partial charge in [0.2, 0.25) is 11.8 Å². The van der Waals surface area contributed by atoms with Gasteiger partial charge in [-0.2, -0.15) is 0 Å². The van der Waals surface area contributed by atoms with Crippen LogP contribution < -0.4 is 19.9 Å². The number of rotatable bonds is 9. The summed E-state index contributed by atoms with van der Waals surface area (Å²) in [7, 11) is 1.68. The topological polar surface area (TPSA) is 74.3 Å². The third-order valence-corrected chi connectivity index (χ3v) is 6.94. The van der Waals surface area contributed by atoms with Crippen molar-refractivity contribution >= 4 is 23.2 Å². The molecule has 38 heavy (non-hydrogen) atoms. The summed E-state index contributed by atoms with van der Waals surface area (Å²) in [6, 6.07) is 25.1. The fourth-order valence-corrected chi connectivity index (χ4v) is 4.94. The summed E-state index contributed by atoms with van der Waals surface area (Å²) in [5, 5.41) is 2.61. The van der Waals surface area contributed by atoms with E-state index in [4.69, 9.17) is 9.47 Å². The molecular weight excluding hydrogens is 480 g/mol. The monoisotopic (exact) mass is 514 g/mol. The van der Waals surface area contributed by atoms with Crippen LogP contribution in [0.5, 0.6) is 5.75 Å². The molecule has 0 radical (unpaired) electrons. The maximum absolute atomic E-state index is 12.3. The summed E-state index contributed by atoms with van der Waals surface area (Å²) in [5.41, 5.74) is 5.61. The molecule has 0 spiro atoms. The highest BCUT2D eigenvalue weighted by atomic mass is 16.5. The Kier molecular flexibility index (Phi) is 8.09. The van der Waals surface area contributed by atoms with Crippen molar-refractivity contribution in [3.8, 4) is 5.75 Å². The van der Waals surface area contributed by atoms with E-state index in [1.165, 1.54) is 11.3 Å². The number of morpholine rings is 1. The minimum atomic E-state index is -0.124. The van der Waals surface area contributed by atoms with Crippen LogP contribution in [0.15, 0.2) is 72.8 Å². The molecule has 0 unspecified atom stereocenters. The zero-order chi connectivity index (χ0) is 26.3. The van der Waals surface area contributed by atoms with Crippen molar-refractivity contribution in [3.05, 3.63) is 89.5 Å². The maximum Gasteiger partial charge on any atom is 0.242 e. The van der Waals surface area contributed by atoms with Crippen LogP contribution in [0.4, 0.5) is 11.4 Å². The van der Waals surface area contributed by atoms with Crippen LogP contribution in [-0.2, 0) is 34.0 Å². The molecule has 198 valence electrons. The first-order valence-electron chi connectivity index (χ1n) is 13.0. The summed E-state index contributed by atoms with van der Waals surface area (Å²) in [5.74, 6) is 0.635. The Bertz CT molecular complexity index is 1270. The Morgan fingerprint density at radius 2 is 1.61 bits per heavy atom. The Labute approximate surface area is 223 Å². The molecule has 2 saturated heterocycles. The summed E-state index contributed by atoms with van der Waals surface area (Å²) >= 11 is 0. The van der Waals surface area contributed by atoms with Gasteiger partial charge in [0.15, 0.2) is 0 Å². The Hall–Kier alpha value is -4.04. The highest BCUT2D eigenvalue weighted by Crippen LogP contribution is 2.26. The second-order valence-corrected chi connectivity index (χ2v) is 9.67. The second-order valence-electron chi connectivity index (χ2n) is 9.67. The van der Waals surface area contributed by atoms with E-state index in [1.807, 2.05) is 24.3 Å². The number of hydrogen-bond acceptors (Lipinski definition) is 6. The molecule has 8 nitrogen and oxygen atoms in total. The van der Waals surface area contributed by atoms with E-state index in [1.54, 1.807) is 12.0 Å². The normalized spacial score (nSPS) is 15.8. The lowest BCUT2D eigenvalue weighted by atomic mass is 10.1. The van der Waals surface area contributed by atoms with E-state index < -0.39 is 0 Å². The van der Waals surface area contributed by atoms with Gasteiger partial charge in [-0.25, -0.2) is 0 Å². The number of nitrogens with one attached hydrogen (secondary N) is 1. The van der Waals surface area contributed by atoms with Gasteiger partial charge in [-0.3, -0.25) is 9.59 Å². The number of hydrogen-bond donors (Lipinski definition) is 1. The van der Waals surface area contributed by atoms with Gasteiger partial charge >= 0.3 is 0 Å². The van der Waals surface area contributed by atoms with Crippen molar-refractivity contribution in [2.45, 2.75) is 19.6 Å². The zero-order valence-corrected chi connectivity index (χ0v) is 21.8. The number of piperazine rings is 1. The van der Waals surface area contributed by atoms with Crippen LogP contribution in [0, 0.1) is 0 Å². The number of anilines is 2. The molecule has 2 aliphatic heterocycles. The summed E-state index contributed by atoms with van der Waals surface area (Å²) in [6.07, 6.45) is 0. The number of carbonyl (C=O) groups excluding carboxylic acids is 2. The van der Waals surface area contributed by atoms with Crippen LogP contribution in [0.25, 0.3) is 0 Å². The summed E-state index contributed by atoms with van der Waals surface area (Å²) in [6.45, 7) is 5.24. The van der Waals surface area contributed by atoms with Crippen molar-refractivity contribution in [2.75, 3.05) is 56.3 Å². The molecule has 2 fully saturated rings.